The first-order valence-electron chi connectivity index (χ1n) is 12.4. The van der Waals surface area contributed by atoms with Crippen LogP contribution in [0.15, 0.2) is 24.4 Å². The van der Waals surface area contributed by atoms with Gasteiger partial charge in [-0.3, -0.25) is 9.59 Å². The highest BCUT2D eigenvalue weighted by atomic mass is 19.3. The van der Waals surface area contributed by atoms with Crippen molar-refractivity contribution >= 4 is 29.1 Å². The zero-order chi connectivity index (χ0) is 25.3. The topological polar surface area (TPSA) is 118 Å². The molecule has 5 rings (SSSR count). The van der Waals surface area contributed by atoms with E-state index in [0.717, 1.165) is 31.2 Å². The second-order valence-electron chi connectivity index (χ2n) is 10.0. The Morgan fingerprint density at radius 2 is 1.89 bits per heavy atom. The molecule has 2 aromatic rings. The fourth-order valence-corrected chi connectivity index (χ4v) is 5.50. The molecule has 2 fully saturated rings. The molecule has 2 amide bonds. The SMILES string of the molecule is CC1CCC([C@H](Nc2ccc(C(F)F)nn2)C(=O)Nc2cc3c(cn2)C2(CCOCC2)C(=O)N3)CC1. The number of nitrogens with one attached hydrogen (secondary N) is 3. The van der Waals surface area contributed by atoms with Gasteiger partial charge in [0.25, 0.3) is 6.43 Å². The van der Waals surface area contributed by atoms with E-state index in [4.69, 9.17) is 4.74 Å². The molecule has 1 spiro atoms. The van der Waals surface area contributed by atoms with Gasteiger partial charge in [0.2, 0.25) is 11.8 Å². The van der Waals surface area contributed by atoms with Gasteiger partial charge in [0.1, 0.15) is 23.4 Å². The molecule has 0 radical (unpaired) electrons. The molecule has 1 atom stereocenters. The minimum absolute atomic E-state index is 0.0393. The zero-order valence-corrected chi connectivity index (χ0v) is 20.1. The number of fused-ring (bicyclic) bond motifs is 2. The monoisotopic (exact) mass is 500 g/mol. The second kappa shape index (κ2) is 10.0. The van der Waals surface area contributed by atoms with Crippen LogP contribution in [-0.4, -0.2) is 46.3 Å². The second-order valence-corrected chi connectivity index (χ2v) is 10.0. The van der Waals surface area contributed by atoms with Crippen molar-refractivity contribution in [2.45, 2.75) is 63.3 Å². The lowest BCUT2D eigenvalue weighted by atomic mass is 9.76. The lowest BCUT2D eigenvalue weighted by Crippen LogP contribution is -2.42. The number of carbonyl (C=O) groups excluding carboxylic acids is 2. The lowest BCUT2D eigenvalue weighted by molar-refractivity contribution is -0.124. The van der Waals surface area contributed by atoms with Gasteiger partial charge >= 0.3 is 0 Å². The van der Waals surface area contributed by atoms with E-state index < -0.39 is 23.6 Å². The minimum Gasteiger partial charge on any atom is -0.381 e. The Labute approximate surface area is 207 Å². The number of hydrogen-bond donors (Lipinski definition) is 3. The van der Waals surface area contributed by atoms with Crippen molar-refractivity contribution in [2.24, 2.45) is 11.8 Å². The average Bonchev–Trinajstić information content (AvgIpc) is 3.13. The molecule has 2 aliphatic heterocycles. The van der Waals surface area contributed by atoms with Gasteiger partial charge in [-0.15, -0.1) is 10.2 Å². The maximum Gasteiger partial charge on any atom is 0.282 e. The van der Waals surface area contributed by atoms with Gasteiger partial charge in [-0.1, -0.05) is 19.8 Å². The number of carbonyl (C=O) groups is 2. The fourth-order valence-electron chi connectivity index (χ4n) is 5.50. The number of nitrogens with zero attached hydrogens (tertiary/aromatic N) is 3. The zero-order valence-electron chi connectivity index (χ0n) is 20.1. The Morgan fingerprint density at radius 1 is 1.14 bits per heavy atom. The summed E-state index contributed by atoms with van der Waals surface area (Å²) in [6.07, 6.45) is 3.85. The van der Waals surface area contributed by atoms with Gasteiger partial charge < -0.3 is 20.7 Å². The van der Waals surface area contributed by atoms with Gasteiger partial charge in [-0.25, -0.2) is 13.8 Å². The van der Waals surface area contributed by atoms with Crippen LogP contribution >= 0.6 is 0 Å². The minimum atomic E-state index is -2.71. The van der Waals surface area contributed by atoms with Crippen molar-refractivity contribution in [1.82, 2.24) is 15.2 Å². The number of halogens is 2. The molecule has 3 N–H and O–H groups in total. The smallest absolute Gasteiger partial charge is 0.282 e. The van der Waals surface area contributed by atoms with Crippen LogP contribution in [0.3, 0.4) is 0 Å². The highest BCUT2D eigenvalue weighted by molar-refractivity contribution is 6.07. The van der Waals surface area contributed by atoms with Crippen LogP contribution in [0.1, 0.15) is 63.1 Å². The number of alkyl halides is 2. The Morgan fingerprint density at radius 3 is 2.56 bits per heavy atom. The largest absolute Gasteiger partial charge is 0.381 e. The van der Waals surface area contributed by atoms with Crippen molar-refractivity contribution in [3.8, 4) is 0 Å². The van der Waals surface area contributed by atoms with Crippen LogP contribution in [0.25, 0.3) is 0 Å². The summed E-state index contributed by atoms with van der Waals surface area (Å²) in [5.41, 5.74) is 0.435. The van der Waals surface area contributed by atoms with Gasteiger partial charge in [-0.05, 0) is 49.7 Å². The summed E-state index contributed by atoms with van der Waals surface area (Å²) >= 11 is 0. The first-order chi connectivity index (χ1) is 17.4. The van der Waals surface area contributed by atoms with E-state index in [2.05, 4.69) is 38.1 Å². The number of hydrogen-bond acceptors (Lipinski definition) is 7. The molecular formula is C25H30F2N6O3. The molecule has 11 heteroatoms. The number of ether oxygens (including phenoxy) is 1. The molecule has 1 saturated heterocycles. The molecule has 3 aliphatic rings. The normalized spacial score (nSPS) is 23.7. The van der Waals surface area contributed by atoms with Crippen LogP contribution in [0.2, 0.25) is 0 Å². The maximum atomic E-state index is 13.4. The first-order valence-corrected chi connectivity index (χ1v) is 12.4. The van der Waals surface area contributed by atoms with Crippen LogP contribution in [0, 0.1) is 11.8 Å². The summed E-state index contributed by atoms with van der Waals surface area (Å²) in [6, 6.07) is 3.66. The summed E-state index contributed by atoms with van der Waals surface area (Å²) in [5, 5.41) is 16.3. The van der Waals surface area contributed by atoms with E-state index in [9.17, 15) is 18.4 Å². The van der Waals surface area contributed by atoms with Crippen LogP contribution in [-0.2, 0) is 19.7 Å². The Kier molecular flexibility index (Phi) is 6.83. The van der Waals surface area contributed by atoms with E-state index in [1.165, 1.54) is 12.1 Å². The third kappa shape index (κ3) is 4.76. The molecular weight excluding hydrogens is 470 g/mol. The molecule has 4 heterocycles. The van der Waals surface area contributed by atoms with Crippen LogP contribution in [0.4, 0.5) is 26.1 Å². The number of aromatic nitrogens is 3. The molecule has 1 saturated carbocycles. The summed E-state index contributed by atoms with van der Waals surface area (Å²) in [5.74, 6) is 0.860. The van der Waals surface area contributed by atoms with E-state index in [1.807, 2.05) is 0 Å². The Hall–Kier alpha value is -3.21. The van der Waals surface area contributed by atoms with E-state index in [1.54, 1.807) is 12.3 Å². The van der Waals surface area contributed by atoms with E-state index in [-0.39, 0.29) is 23.6 Å². The van der Waals surface area contributed by atoms with Gasteiger partial charge in [0.15, 0.2) is 0 Å². The van der Waals surface area contributed by atoms with E-state index in [0.29, 0.717) is 43.5 Å². The van der Waals surface area contributed by atoms with E-state index >= 15 is 0 Å². The summed E-state index contributed by atoms with van der Waals surface area (Å²) < 4.78 is 31.2. The number of anilines is 3. The van der Waals surface area contributed by atoms with Gasteiger partial charge in [0.05, 0.1) is 11.1 Å². The number of amides is 2. The predicted molar refractivity (Wildman–Crippen MR) is 129 cm³/mol. The molecule has 9 nitrogen and oxygen atoms in total. The van der Waals surface area contributed by atoms with Crippen molar-refractivity contribution in [1.29, 1.82) is 0 Å². The number of pyridine rings is 1. The van der Waals surface area contributed by atoms with Gasteiger partial charge in [0, 0.05) is 31.0 Å². The predicted octanol–water partition coefficient (Wildman–Crippen LogP) is 4.06. The molecule has 0 aromatic carbocycles. The van der Waals surface area contributed by atoms with Crippen LogP contribution in [0.5, 0.6) is 0 Å². The van der Waals surface area contributed by atoms with Gasteiger partial charge in [-0.2, -0.15) is 0 Å². The summed E-state index contributed by atoms with van der Waals surface area (Å²) in [4.78, 5) is 30.7. The average molecular weight is 501 g/mol. The highest BCUT2D eigenvalue weighted by Crippen LogP contribution is 2.44. The van der Waals surface area contributed by atoms with Crippen molar-refractivity contribution in [3.63, 3.8) is 0 Å². The standard InChI is InChI=1S/C25H30F2N6O3/c1-14-2-4-15(5-3-14)21(30-19-7-6-17(22(26)27)32-33-19)23(34)31-20-12-18-16(13-28-20)25(24(35)29-18)8-10-36-11-9-25/h6-7,12-15,21-22H,2-5,8-11H2,1H3,(H,29,35)(H,30,33)(H,28,31,34)/t14?,15?,21-/m0/s1. The quantitative estimate of drug-likeness (QED) is 0.548. The molecule has 2 aromatic heterocycles. The summed E-state index contributed by atoms with van der Waals surface area (Å²) in [6.45, 7) is 3.22. The maximum absolute atomic E-state index is 13.4. The van der Waals surface area contributed by atoms with Crippen molar-refractivity contribution < 1.29 is 23.1 Å². The molecule has 0 bridgehead atoms. The molecule has 0 unspecified atom stereocenters. The Balaban J connectivity index is 1.34. The first kappa shape index (κ1) is 24.5. The lowest BCUT2D eigenvalue weighted by Gasteiger charge is -2.32. The fraction of sp³-hybridized carbons (Fsp3) is 0.560. The van der Waals surface area contributed by atoms with Crippen molar-refractivity contribution in [3.05, 3.63) is 35.7 Å². The third-order valence-electron chi connectivity index (χ3n) is 7.73. The third-order valence-corrected chi connectivity index (χ3v) is 7.73. The molecule has 192 valence electrons. The Bertz CT molecular complexity index is 1120. The van der Waals surface area contributed by atoms with Crippen molar-refractivity contribution in [2.75, 3.05) is 29.2 Å². The molecule has 1 aliphatic carbocycles. The highest BCUT2D eigenvalue weighted by Gasteiger charge is 2.48. The number of rotatable bonds is 6. The summed E-state index contributed by atoms with van der Waals surface area (Å²) in [7, 11) is 0. The van der Waals surface area contributed by atoms with Crippen LogP contribution < -0.4 is 16.0 Å². The molecule has 36 heavy (non-hydrogen) atoms.